The summed E-state index contributed by atoms with van der Waals surface area (Å²) in [5.41, 5.74) is 5.52. The van der Waals surface area contributed by atoms with Crippen molar-refractivity contribution in [1.29, 1.82) is 0 Å². The SMILES string of the molecule is CC(CCO)CNS(=O)(=O)c1cc(N)cc(Cl)c1F. The molecule has 0 amide bonds. The zero-order valence-electron chi connectivity index (χ0n) is 10.4. The third-order valence-corrected chi connectivity index (χ3v) is 4.25. The summed E-state index contributed by atoms with van der Waals surface area (Å²) in [6, 6.07) is 2.16. The molecule has 1 unspecified atom stereocenters. The second kappa shape index (κ2) is 6.51. The Labute approximate surface area is 116 Å². The van der Waals surface area contributed by atoms with E-state index in [-0.39, 0.29) is 29.8 Å². The van der Waals surface area contributed by atoms with Crippen LogP contribution >= 0.6 is 11.6 Å². The van der Waals surface area contributed by atoms with Gasteiger partial charge in [0.15, 0.2) is 5.82 Å². The van der Waals surface area contributed by atoms with E-state index in [4.69, 9.17) is 22.4 Å². The van der Waals surface area contributed by atoms with Crippen LogP contribution in [0, 0.1) is 11.7 Å². The van der Waals surface area contributed by atoms with Crippen molar-refractivity contribution >= 4 is 27.3 Å². The highest BCUT2D eigenvalue weighted by Gasteiger charge is 2.22. The fourth-order valence-corrected chi connectivity index (χ4v) is 3.01. The lowest BCUT2D eigenvalue weighted by Gasteiger charge is -2.13. The van der Waals surface area contributed by atoms with Crippen LogP contribution in [-0.2, 0) is 10.0 Å². The smallest absolute Gasteiger partial charge is 0.243 e. The minimum atomic E-state index is -4.02. The molecule has 0 aliphatic rings. The summed E-state index contributed by atoms with van der Waals surface area (Å²) >= 11 is 5.56. The second-order valence-corrected chi connectivity index (χ2v) is 6.43. The van der Waals surface area contributed by atoms with Crippen LogP contribution in [0.3, 0.4) is 0 Å². The molecule has 1 aromatic carbocycles. The maximum absolute atomic E-state index is 13.7. The van der Waals surface area contributed by atoms with E-state index in [1.807, 2.05) is 0 Å². The Morgan fingerprint density at radius 3 is 2.74 bits per heavy atom. The quantitative estimate of drug-likeness (QED) is 0.692. The largest absolute Gasteiger partial charge is 0.399 e. The van der Waals surface area contributed by atoms with Crippen LogP contribution in [0.25, 0.3) is 0 Å². The van der Waals surface area contributed by atoms with Crippen molar-refractivity contribution in [1.82, 2.24) is 4.72 Å². The van der Waals surface area contributed by atoms with Gasteiger partial charge in [0.1, 0.15) is 4.90 Å². The average Bonchev–Trinajstić information content (AvgIpc) is 2.31. The highest BCUT2D eigenvalue weighted by molar-refractivity contribution is 7.89. The molecular formula is C11H16ClFN2O3S. The van der Waals surface area contributed by atoms with Gasteiger partial charge in [0.25, 0.3) is 0 Å². The summed E-state index contributed by atoms with van der Waals surface area (Å²) in [4.78, 5) is -0.575. The zero-order valence-corrected chi connectivity index (χ0v) is 11.9. The Bertz CT molecular complexity index is 551. The number of anilines is 1. The predicted octanol–water partition coefficient (Wildman–Crippen LogP) is 1.36. The summed E-state index contributed by atoms with van der Waals surface area (Å²) in [6.07, 6.45) is 0.447. The first kappa shape index (κ1) is 16.2. The highest BCUT2D eigenvalue weighted by atomic mass is 35.5. The van der Waals surface area contributed by atoms with Crippen LogP contribution in [0.4, 0.5) is 10.1 Å². The lowest BCUT2D eigenvalue weighted by molar-refractivity contribution is 0.263. The van der Waals surface area contributed by atoms with Crippen molar-refractivity contribution in [2.24, 2.45) is 5.92 Å². The second-order valence-electron chi connectivity index (χ2n) is 4.28. The van der Waals surface area contributed by atoms with E-state index < -0.39 is 20.7 Å². The van der Waals surface area contributed by atoms with Gasteiger partial charge in [0, 0.05) is 18.8 Å². The molecule has 0 saturated heterocycles. The number of aliphatic hydroxyl groups is 1. The number of nitrogen functional groups attached to an aromatic ring is 1. The van der Waals surface area contributed by atoms with E-state index in [0.717, 1.165) is 12.1 Å². The third-order valence-electron chi connectivity index (χ3n) is 2.55. The molecule has 0 aromatic heterocycles. The summed E-state index contributed by atoms with van der Waals surface area (Å²) in [6.45, 7) is 1.82. The normalized spacial score (nSPS) is 13.5. The molecule has 0 spiro atoms. The first-order valence-corrected chi connectivity index (χ1v) is 7.49. The highest BCUT2D eigenvalue weighted by Crippen LogP contribution is 2.25. The van der Waals surface area contributed by atoms with Crippen molar-refractivity contribution in [2.45, 2.75) is 18.2 Å². The number of benzene rings is 1. The topological polar surface area (TPSA) is 92.4 Å². The van der Waals surface area contributed by atoms with Gasteiger partial charge < -0.3 is 10.8 Å². The molecule has 0 aliphatic carbocycles. The molecule has 4 N–H and O–H groups in total. The van der Waals surface area contributed by atoms with Crippen LogP contribution in [0.1, 0.15) is 13.3 Å². The maximum Gasteiger partial charge on any atom is 0.243 e. The predicted molar refractivity (Wildman–Crippen MR) is 71.9 cm³/mol. The molecule has 1 aromatic rings. The number of nitrogens with one attached hydrogen (secondary N) is 1. The van der Waals surface area contributed by atoms with Crippen molar-refractivity contribution in [2.75, 3.05) is 18.9 Å². The van der Waals surface area contributed by atoms with Gasteiger partial charge in [-0.1, -0.05) is 18.5 Å². The monoisotopic (exact) mass is 310 g/mol. The molecule has 0 fully saturated rings. The van der Waals surface area contributed by atoms with Crippen molar-refractivity contribution < 1.29 is 17.9 Å². The van der Waals surface area contributed by atoms with Gasteiger partial charge in [-0.2, -0.15) is 0 Å². The molecule has 0 bridgehead atoms. The fourth-order valence-electron chi connectivity index (χ4n) is 1.43. The lowest BCUT2D eigenvalue weighted by Crippen LogP contribution is -2.29. The Balaban J connectivity index is 2.95. The van der Waals surface area contributed by atoms with Crippen LogP contribution in [0.5, 0.6) is 0 Å². The summed E-state index contributed by atoms with van der Waals surface area (Å²) in [5, 5.41) is 8.39. The molecule has 8 heteroatoms. The Kier molecular flexibility index (Phi) is 5.54. The van der Waals surface area contributed by atoms with Crippen LogP contribution < -0.4 is 10.5 Å². The number of rotatable bonds is 6. The van der Waals surface area contributed by atoms with Gasteiger partial charge in [-0.25, -0.2) is 17.5 Å². The molecule has 1 rings (SSSR count). The number of halogens is 2. The van der Waals surface area contributed by atoms with Gasteiger partial charge in [-0.3, -0.25) is 0 Å². The fraction of sp³-hybridized carbons (Fsp3) is 0.455. The van der Waals surface area contributed by atoms with E-state index in [1.54, 1.807) is 6.92 Å². The van der Waals surface area contributed by atoms with Gasteiger partial charge in [0.05, 0.1) is 5.02 Å². The molecule has 19 heavy (non-hydrogen) atoms. The van der Waals surface area contributed by atoms with E-state index in [9.17, 15) is 12.8 Å². The Hall–Kier alpha value is -0.890. The van der Waals surface area contributed by atoms with E-state index in [1.165, 1.54) is 0 Å². The number of aliphatic hydroxyl groups excluding tert-OH is 1. The van der Waals surface area contributed by atoms with Gasteiger partial charge in [-0.05, 0) is 24.5 Å². The average molecular weight is 311 g/mol. The van der Waals surface area contributed by atoms with E-state index in [2.05, 4.69) is 4.72 Å². The number of hydrogen-bond donors (Lipinski definition) is 3. The summed E-state index contributed by atoms with van der Waals surface area (Å²) in [7, 11) is -4.02. The summed E-state index contributed by atoms with van der Waals surface area (Å²) in [5.74, 6) is -1.10. The van der Waals surface area contributed by atoms with Crippen molar-refractivity contribution in [3.8, 4) is 0 Å². The Morgan fingerprint density at radius 2 is 2.16 bits per heavy atom. The van der Waals surface area contributed by atoms with Crippen molar-refractivity contribution in [3.05, 3.63) is 23.0 Å². The number of hydrogen-bond acceptors (Lipinski definition) is 4. The first-order valence-electron chi connectivity index (χ1n) is 5.63. The van der Waals surface area contributed by atoms with Crippen LogP contribution in [0.15, 0.2) is 17.0 Å². The standard InChI is InChI=1S/C11H16ClFN2O3S/c1-7(2-3-16)6-15-19(17,18)10-5-8(14)4-9(12)11(10)13/h4-5,7,15-16H,2-3,6,14H2,1H3. The Morgan fingerprint density at radius 1 is 1.53 bits per heavy atom. The lowest BCUT2D eigenvalue weighted by atomic mass is 10.1. The molecule has 108 valence electrons. The number of nitrogens with two attached hydrogens (primary N) is 1. The van der Waals surface area contributed by atoms with Crippen LogP contribution in [0.2, 0.25) is 5.02 Å². The molecule has 1 atom stereocenters. The van der Waals surface area contributed by atoms with Gasteiger partial charge >= 0.3 is 0 Å². The van der Waals surface area contributed by atoms with Gasteiger partial charge in [0.2, 0.25) is 10.0 Å². The molecule has 0 heterocycles. The number of sulfonamides is 1. The van der Waals surface area contributed by atoms with Crippen LogP contribution in [-0.4, -0.2) is 26.7 Å². The summed E-state index contributed by atoms with van der Waals surface area (Å²) < 4.78 is 39.8. The minimum absolute atomic E-state index is 0.0403. The molecule has 0 saturated carbocycles. The van der Waals surface area contributed by atoms with E-state index >= 15 is 0 Å². The minimum Gasteiger partial charge on any atom is -0.399 e. The maximum atomic E-state index is 13.7. The first-order chi connectivity index (χ1) is 8.77. The molecule has 5 nitrogen and oxygen atoms in total. The molecule has 0 aliphatic heterocycles. The van der Waals surface area contributed by atoms with E-state index in [0.29, 0.717) is 6.42 Å². The molecule has 0 radical (unpaired) electrons. The molecular weight excluding hydrogens is 295 g/mol. The van der Waals surface area contributed by atoms with Crippen molar-refractivity contribution in [3.63, 3.8) is 0 Å². The zero-order chi connectivity index (χ0) is 14.6. The third kappa shape index (κ3) is 4.31. The van der Waals surface area contributed by atoms with Gasteiger partial charge in [-0.15, -0.1) is 0 Å².